The average Bonchev–Trinajstić information content (AvgIpc) is 3.96. The number of nitrogens with zero attached hydrogens (tertiary/aromatic N) is 6. The van der Waals surface area contributed by atoms with Crippen molar-refractivity contribution in [3.05, 3.63) is 82.8 Å². The number of piperazine rings is 1. The summed E-state index contributed by atoms with van der Waals surface area (Å²) in [4.78, 5) is 70.3. The zero-order valence-electron chi connectivity index (χ0n) is 35.4. The number of halogens is 1. The molecular formula is C49H49FN8O6. The lowest BCUT2D eigenvalue weighted by Crippen LogP contribution is -2.54. The van der Waals surface area contributed by atoms with Crippen LogP contribution in [0.5, 0.6) is 11.8 Å². The minimum absolute atomic E-state index is 0.0288. The molecule has 4 fully saturated rings. The molecule has 14 nitrogen and oxygen atoms in total. The zero-order valence-corrected chi connectivity index (χ0v) is 35.4. The van der Waals surface area contributed by atoms with E-state index in [9.17, 15) is 24.3 Å². The molecule has 4 saturated heterocycles. The fraction of sp³-hybridized carbons (Fsp3) is 0.408. The minimum atomic E-state index is -0.979. The summed E-state index contributed by atoms with van der Waals surface area (Å²) in [7, 11) is 0. The molecule has 10 rings (SSSR count). The third-order valence-corrected chi connectivity index (χ3v) is 13.6. The molecule has 0 spiro atoms. The number of likely N-dealkylation sites (tertiary alicyclic amines) is 1. The van der Waals surface area contributed by atoms with E-state index in [1.165, 1.54) is 6.07 Å². The number of aromatic nitrogens is 3. The molecule has 4 amide bonds. The Hall–Kier alpha value is -6.50. The lowest BCUT2D eigenvalue weighted by atomic mass is 9.96. The number of unbranched alkanes of at least 4 members (excludes halogenated alkanes) is 3. The van der Waals surface area contributed by atoms with E-state index in [4.69, 9.17) is 21.1 Å². The molecule has 0 saturated carbocycles. The van der Waals surface area contributed by atoms with Gasteiger partial charge in [-0.3, -0.25) is 39.3 Å². The van der Waals surface area contributed by atoms with Crippen LogP contribution in [0.1, 0.15) is 96.1 Å². The van der Waals surface area contributed by atoms with Gasteiger partial charge in [-0.25, -0.2) is 4.39 Å². The van der Waals surface area contributed by atoms with E-state index in [-0.39, 0.29) is 41.9 Å². The number of aromatic hydroxyl groups is 1. The van der Waals surface area contributed by atoms with Gasteiger partial charge in [0, 0.05) is 60.3 Å². The van der Waals surface area contributed by atoms with Crippen molar-refractivity contribution in [2.24, 2.45) is 0 Å². The van der Waals surface area contributed by atoms with Gasteiger partial charge < -0.3 is 20.1 Å². The van der Waals surface area contributed by atoms with Gasteiger partial charge in [-0.15, -0.1) is 6.42 Å². The Kier molecular flexibility index (Phi) is 11.2. The first-order chi connectivity index (χ1) is 31.1. The van der Waals surface area contributed by atoms with Crippen molar-refractivity contribution in [2.75, 3.05) is 37.7 Å². The molecule has 3 N–H and O–H groups in total. The highest BCUT2D eigenvalue weighted by Gasteiger charge is 2.44. The molecule has 1 unspecified atom stereocenters. The second-order valence-electron chi connectivity index (χ2n) is 17.7. The number of hydrogen-bond acceptors (Lipinski definition) is 12. The first-order valence-corrected chi connectivity index (χ1v) is 22.4. The van der Waals surface area contributed by atoms with E-state index in [0.717, 1.165) is 94.4 Å². The van der Waals surface area contributed by atoms with E-state index in [2.05, 4.69) is 31.3 Å². The molecular weight excluding hydrogens is 816 g/mol. The second kappa shape index (κ2) is 17.2. The Morgan fingerprint density at radius 2 is 1.72 bits per heavy atom. The Bertz CT molecular complexity index is 2760. The highest BCUT2D eigenvalue weighted by molar-refractivity contribution is 6.23. The van der Waals surface area contributed by atoms with Crippen LogP contribution in [0.2, 0.25) is 0 Å². The van der Waals surface area contributed by atoms with Crippen LogP contribution in [-0.4, -0.2) is 110 Å². The molecule has 328 valence electrons. The van der Waals surface area contributed by atoms with Gasteiger partial charge in [-0.2, -0.15) is 9.97 Å². The number of amides is 4. The van der Waals surface area contributed by atoms with Gasteiger partial charge in [0.1, 0.15) is 35.4 Å². The molecule has 0 aliphatic carbocycles. The lowest BCUT2D eigenvalue weighted by Gasteiger charge is -2.34. The van der Waals surface area contributed by atoms with Crippen LogP contribution < -0.4 is 20.3 Å². The van der Waals surface area contributed by atoms with Crippen LogP contribution in [0, 0.1) is 18.2 Å². The number of carbonyl (C=O) groups excluding carboxylic acids is 4. The summed E-state index contributed by atoms with van der Waals surface area (Å²) in [5.41, 5.74) is 2.64. The second-order valence-corrected chi connectivity index (χ2v) is 17.7. The van der Waals surface area contributed by atoms with Gasteiger partial charge in [-0.05, 0) is 106 Å². The molecule has 3 aromatic carbocycles. The normalized spacial score (nSPS) is 22.1. The maximum Gasteiger partial charge on any atom is 0.319 e. The van der Waals surface area contributed by atoms with E-state index < -0.39 is 35.5 Å². The predicted molar refractivity (Wildman–Crippen MR) is 237 cm³/mol. The number of phenols is 1. The van der Waals surface area contributed by atoms with E-state index in [1.807, 2.05) is 12.1 Å². The number of anilines is 1. The maximum atomic E-state index is 17.0. The monoisotopic (exact) mass is 864 g/mol. The van der Waals surface area contributed by atoms with E-state index in [1.54, 1.807) is 36.5 Å². The summed E-state index contributed by atoms with van der Waals surface area (Å²) in [6.07, 6.45) is 16.5. The maximum absolute atomic E-state index is 17.0. The van der Waals surface area contributed by atoms with Gasteiger partial charge >= 0.3 is 6.01 Å². The molecule has 5 aliphatic heterocycles. The van der Waals surface area contributed by atoms with Crippen LogP contribution in [0.15, 0.2) is 54.7 Å². The Morgan fingerprint density at radius 1 is 0.906 bits per heavy atom. The summed E-state index contributed by atoms with van der Waals surface area (Å²) in [6, 6.07) is 13.7. The number of phenolic OH excluding ortho intramolecular Hbond substituents is 1. The Labute approximate surface area is 369 Å². The van der Waals surface area contributed by atoms with Gasteiger partial charge in [0.25, 0.3) is 11.8 Å². The van der Waals surface area contributed by atoms with Crippen molar-refractivity contribution < 1.29 is 33.4 Å². The van der Waals surface area contributed by atoms with Crippen molar-refractivity contribution in [2.45, 2.75) is 94.8 Å². The van der Waals surface area contributed by atoms with Crippen LogP contribution >= 0.6 is 0 Å². The summed E-state index contributed by atoms with van der Waals surface area (Å²) in [6.45, 7) is 3.68. The summed E-state index contributed by atoms with van der Waals surface area (Å²) in [5.74, 6) is 0.625. The van der Waals surface area contributed by atoms with E-state index in [0.29, 0.717) is 62.9 Å². The molecule has 7 heterocycles. The first kappa shape index (κ1) is 41.5. The van der Waals surface area contributed by atoms with Crippen LogP contribution in [0.4, 0.5) is 10.2 Å². The highest BCUT2D eigenvalue weighted by atomic mass is 19.1. The number of terminal acetylenes is 1. The average molecular weight is 865 g/mol. The lowest BCUT2D eigenvalue weighted by molar-refractivity contribution is -0.136. The Balaban J connectivity index is 0.793. The minimum Gasteiger partial charge on any atom is -0.508 e. The smallest absolute Gasteiger partial charge is 0.319 e. The number of piperidine rings is 1. The van der Waals surface area contributed by atoms with Gasteiger partial charge in [0.05, 0.1) is 16.5 Å². The van der Waals surface area contributed by atoms with Crippen molar-refractivity contribution in [1.29, 1.82) is 0 Å². The number of imide groups is 2. The van der Waals surface area contributed by atoms with Crippen molar-refractivity contribution in [3.8, 4) is 35.4 Å². The van der Waals surface area contributed by atoms with Crippen molar-refractivity contribution in [3.63, 3.8) is 0 Å². The number of benzene rings is 3. The topological polar surface area (TPSA) is 170 Å². The Morgan fingerprint density at radius 3 is 2.53 bits per heavy atom. The van der Waals surface area contributed by atoms with Crippen molar-refractivity contribution >= 4 is 51.1 Å². The highest BCUT2D eigenvalue weighted by Crippen LogP contribution is 2.39. The quantitative estimate of drug-likeness (QED) is 0.0756. The van der Waals surface area contributed by atoms with Crippen LogP contribution in [-0.2, 0) is 16.0 Å². The van der Waals surface area contributed by atoms with Gasteiger partial charge in [0.2, 0.25) is 11.8 Å². The standard InChI is InChI=1S/C49H49FN8O6/c1-2-29-10-7-11-30-22-34(59)23-37(41(29)30)43-42(50)44-38(24-51-43)45(57-25-31-14-15-32(26-57)52-31)55-49(54-44)64-27-33-12-8-20-56(33)19-6-4-3-5-9-28-13-16-35-36(21-28)48(63)58(47(35)62)39-17-18-40(60)53-46(39)61/h1,7,10-11,13,16,21-24,31-33,39,52,59H,3-6,8-9,12,14-15,17-20,25-27H2,(H,53,60,61)/t31-,32+,33-,39?/m0/s1. The molecule has 5 aromatic rings. The number of hydrogen-bond donors (Lipinski definition) is 3. The van der Waals surface area contributed by atoms with Gasteiger partial charge in [0.15, 0.2) is 5.82 Å². The molecule has 0 radical (unpaired) electrons. The third-order valence-electron chi connectivity index (χ3n) is 13.6. The fourth-order valence-corrected chi connectivity index (χ4v) is 10.4. The van der Waals surface area contributed by atoms with Crippen molar-refractivity contribution in [1.82, 2.24) is 35.4 Å². The fourth-order valence-electron chi connectivity index (χ4n) is 10.4. The number of carbonyl (C=O) groups is 4. The SMILES string of the molecule is C#Cc1cccc2cc(O)cc(-c3ncc4c(N5C[C@H]6CC[C@@H](C5)N6)nc(OC[C@@H]5CCCN5CCCCCCc5ccc6c(c5)C(=O)N(C5CCC(=O)NC5=O)C6=O)nc4c3F)c12. The summed E-state index contributed by atoms with van der Waals surface area (Å²) >= 11 is 0. The number of fused-ring (bicyclic) bond motifs is 5. The predicted octanol–water partition coefficient (Wildman–Crippen LogP) is 5.66. The number of nitrogens with one attached hydrogen (secondary N) is 2. The molecule has 64 heavy (non-hydrogen) atoms. The van der Waals surface area contributed by atoms with E-state index >= 15 is 4.39 Å². The molecule has 4 atom stereocenters. The molecule has 15 heteroatoms. The van der Waals surface area contributed by atoms with Crippen LogP contribution in [0.25, 0.3) is 32.9 Å². The molecule has 5 aliphatic rings. The van der Waals surface area contributed by atoms with Crippen LogP contribution in [0.3, 0.4) is 0 Å². The number of rotatable bonds is 13. The number of pyridine rings is 1. The largest absolute Gasteiger partial charge is 0.508 e. The third kappa shape index (κ3) is 7.79. The first-order valence-electron chi connectivity index (χ1n) is 22.4. The number of aryl methyl sites for hydroxylation is 1. The summed E-state index contributed by atoms with van der Waals surface area (Å²) < 4.78 is 23.4. The summed E-state index contributed by atoms with van der Waals surface area (Å²) in [5, 5.41) is 18.4. The molecule has 2 bridgehead atoms. The molecule has 2 aromatic heterocycles. The van der Waals surface area contributed by atoms with Gasteiger partial charge in [-0.1, -0.05) is 37.0 Å². The zero-order chi connectivity index (χ0) is 44.1. The number of ether oxygens (including phenoxy) is 1.